The molecule has 1 aliphatic heterocycles. The largest absolute Gasteiger partial charge is 0.506 e. The number of hydrogen-bond acceptors (Lipinski definition) is 5. The molecule has 7 heteroatoms. The number of phenolic OH excluding ortho intramolecular Hbond substituents is 1. The molecular formula is C31H36ClN3O3. The summed E-state index contributed by atoms with van der Waals surface area (Å²) in [7, 11) is 0. The predicted octanol–water partition coefficient (Wildman–Crippen LogP) is 5.72. The fourth-order valence-corrected chi connectivity index (χ4v) is 4.98. The second-order valence-electron chi connectivity index (χ2n) is 10.4. The minimum Gasteiger partial charge on any atom is -0.506 e. The van der Waals surface area contributed by atoms with Crippen molar-refractivity contribution in [3.8, 4) is 5.75 Å². The van der Waals surface area contributed by atoms with Gasteiger partial charge in [-0.3, -0.25) is 9.59 Å². The van der Waals surface area contributed by atoms with Gasteiger partial charge in [0.15, 0.2) is 5.78 Å². The normalized spacial score (nSPS) is 15.9. The molecule has 3 aromatic rings. The Morgan fingerprint density at radius 3 is 2.32 bits per heavy atom. The van der Waals surface area contributed by atoms with Gasteiger partial charge in [0.1, 0.15) is 5.75 Å². The van der Waals surface area contributed by atoms with E-state index in [0.717, 1.165) is 49.8 Å². The minimum atomic E-state index is -0.316. The highest BCUT2D eigenvalue weighted by Gasteiger charge is 2.25. The van der Waals surface area contributed by atoms with Gasteiger partial charge in [-0.1, -0.05) is 42.0 Å². The summed E-state index contributed by atoms with van der Waals surface area (Å²) in [5, 5.41) is 13.3. The number of nitrogens with zero attached hydrogens (tertiary/aromatic N) is 2. The van der Waals surface area contributed by atoms with Crippen LogP contribution in [-0.2, 0) is 6.42 Å². The van der Waals surface area contributed by atoms with Crippen molar-refractivity contribution < 1.29 is 14.7 Å². The number of aryl methyl sites for hydroxylation is 1. The number of Topliss-reactive ketones (excluding diaryl/α,β-unsaturated/α-hetero) is 1. The molecular weight excluding hydrogens is 498 g/mol. The van der Waals surface area contributed by atoms with Gasteiger partial charge in [-0.15, -0.1) is 12.4 Å². The number of carbonyl (C=O) groups excluding carboxylic acids is 2. The van der Waals surface area contributed by atoms with Gasteiger partial charge in [-0.05, 0) is 74.5 Å². The summed E-state index contributed by atoms with van der Waals surface area (Å²) in [4.78, 5) is 30.9. The Morgan fingerprint density at radius 1 is 0.895 bits per heavy atom. The number of carbonyl (C=O) groups is 2. The van der Waals surface area contributed by atoms with E-state index in [9.17, 15) is 14.7 Å². The molecule has 2 aliphatic rings. The highest BCUT2D eigenvalue weighted by Crippen LogP contribution is 2.31. The molecule has 3 aromatic carbocycles. The van der Waals surface area contributed by atoms with Crippen LogP contribution in [0.3, 0.4) is 0 Å². The number of anilines is 2. The second kappa shape index (κ2) is 12.5. The summed E-state index contributed by atoms with van der Waals surface area (Å²) in [5.74, 6) is 0.469. The fourth-order valence-electron chi connectivity index (χ4n) is 4.98. The lowest BCUT2D eigenvalue weighted by atomic mass is 10.00. The highest BCUT2D eigenvalue weighted by atomic mass is 35.5. The first kappa shape index (κ1) is 27.7. The number of hydrogen-bond donors (Lipinski definition) is 2. The number of benzene rings is 3. The van der Waals surface area contributed by atoms with Crippen molar-refractivity contribution in [2.75, 3.05) is 42.9 Å². The molecule has 2 N–H and O–H groups in total. The molecule has 5 rings (SSSR count). The molecule has 0 radical (unpaired) electrons. The maximum atomic E-state index is 13.1. The summed E-state index contributed by atoms with van der Waals surface area (Å²) < 4.78 is 0. The Morgan fingerprint density at radius 2 is 1.61 bits per heavy atom. The predicted molar refractivity (Wildman–Crippen MR) is 155 cm³/mol. The lowest BCUT2D eigenvalue weighted by Crippen LogP contribution is -2.32. The van der Waals surface area contributed by atoms with Crippen molar-refractivity contribution in [2.24, 2.45) is 5.92 Å². The van der Waals surface area contributed by atoms with Crippen molar-refractivity contribution in [1.29, 1.82) is 0 Å². The Balaban J connectivity index is 0.00000336. The molecule has 6 nitrogen and oxygen atoms in total. The Hall–Kier alpha value is -3.35. The molecule has 0 aromatic heterocycles. The lowest BCUT2D eigenvalue weighted by Gasteiger charge is -2.24. The van der Waals surface area contributed by atoms with Gasteiger partial charge in [0.2, 0.25) is 0 Å². The van der Waals surface area contributed by atoms with Gasteiger partial charge >= 0.3 is 0 Å². The molecule has 1 heterocycles. The standard InChI is InChI=1S/C31H35N3O3.ClH/c1-22-6-10-24(11-7-22)29(36)20-26-4-2-5-28(35)30(26)32-31(37)25-12-14-27(15-13-25)34-17-3-16-33(18-19-34)21-23-8-9-23;/h2,4-7,10-15,23,35H,3,8-9,16-21H2,1H3,(H,32,37);1H. The van der Waals surface area contributed by atoms with Crippen LogP contribution in [0, 0.1) is 12.8 Å². The lowest BCUT2D eigenvalue weighted by molar-refractivity contribution is 0.0989. The summed E-state index contributed by atoms with van der Waals surface area (Å²) in [5.41, 5.74) is 4.17. The van der Waals surface area contributed by atoms with E-state index in [0.29, 0.717) is 16.7 Å². The monoisotopic (exact) mass is 533 g/mol. The third-order valence-corrected chi connectivity index (χ3v) is 7.39. The van der Waals surface area contributed by atoms with Crippen LogP contribution in [-0.4, -0.2) is 54.4 Å². The number of rotatable bonds is 8. The molecule has 1 aliphatic carbocycles. The summed E-state index contributed by atoms with van der Waals surface area (Å²) >= 11 is 0. The Bertz CT molecular complexity index is 1260. The first-order chi connectivity index (χ1) is 18.0. The quantitative estimate of drug-likeness (QED) is 0.286. The number of phenols is 1. The number of para-hydroxylation sites is 1. The van der Waals surface area contributed by atoms with Gasteiger partial charge in [0.25, 0.3) is 5.91 Å². The van der Waals surface area contributed by atoms with Gasteiger partial charge in [0, 0.05) is 49.4 Å². The van der Waals surface area contributed by atoms with E-state index in [4.69, 9.17) is 0 Å². The number of amides is 1. The molecule has 2 fully saturated rings. The first-order valence-electron chi connectivity index (χ1n) is 13.3. The van der Waals surface area contributed by atoms with Crippen molar-refractivity contribution in [3.63, 3.8) is 0 Å². The van der Waals surface area contributed by atoms with E-state index < -0.39 is 0 Å². The maximum absolute atomic E-state index is 13.1. The minimum absolute atomic E-state index is 0. The molecule has 200 valence electrons. The van der Waals surface area contributed by atoms with Crippen LogP contribution in [0.4, 0.5) is 11.4 Å². The van der Waals surface area contributed by atoms with Gasteiger partial charge in [-0.2, -0.15) is 0 Å². The van der Waals surface area contributed by atoms with Crippen molar-refractivity contribution >= 4 is 35.5 Å². The zero-order chi connectivity index (χ0) is 25.8. The Labute approximate surface area is 231 Å². The fraction of sp³-hybridized carbons (Fsp3) is 0.355. The molecule has 0 bridgehead atoms. The topological polar surface area (TPSA) is 72.9 Å². The molecule has 0 spiro atoms. The first-order valence-corrected chi connectivity index (χ1v) is 13.3. The summed E-state index contributed by atoms with van der Waals surface area (Å²) in [6.45, 7) is 7.45. The smallest absolute Gasteiger partial charge is 0.255 e. The number of halogens is 1. The van der Waals surface area contributed by atoms with Crippen LogP contribution >= 0.6 is 12.4 Å². The third kappa shape index (κ3) is 6.94. The van der Waals surface area contributed by atoms with E-state index in [2.05, 4.69) is 15.1 Å². The van der Waals surface area contributed by atoms with Gasteiger partial charge in [-0.25, -0.2) is 0 Å². The molecule has 1 amide bonds. The molecule has 1 saturated heterocycles. The van der Waals surface area contributed by atoms with Crippen LogP contribution in [0.1, 0.15) is 51.1 Å². The van der Waals surface area contributed by atoms with Gasteiger partial charge in [0.05, 0.1) is 5.69 Å². The molecule has 38 heavy (non-hydrogen) atoms. The van der Waals surface area contributed by atoms with E-state index in [1.165, 1.54) is 25.5 Å². The maximum Gasteiger partial charge on any atom is 0.255 e. The number of ketones is 1. The third-order valence-electron chi connectivity index (χ3n) is 7.39. The van der Waals surface area contributed by atoms with Crippen LogP contribution in [0.5, 0.6) is 5.75 Å². The van der Waals surface area contributed by atoms with Crippen molar-refractivity contribution in [3.05, 3.63) is 89.0 Å². The average Bonchev–Trinajstić information content (AvgIpc) is 3.74. The highest BCUT2D eigenvalue weighted by molar-refractivity contribution is 6.06. The van der Waals surface area contributed by atoms with Crippen LogP contribution < -0.4 is 10.2 Å². The summed E-state index contributed by atoms with van der Waals surface area (Å²) in [6, 6.07) is 20.0. The number of nitrogens with one attached hydrogen (secondary N) is 1. The number of aromatic hydroxyl groups is 1. The van der Waals surface area contributed by atoms with E-state index in [1.54, 1.807) is 24.3 Å². The van der Waals surface area contributed by atoms with E-state index in [-0.39, 0.29) is 42.0 Å². The van der Waals surface area contributed by atoms with Crippen LogP contribution in [0.25, 0.3) is 0 Å². The van der Waals surface area contributed by atoms with Gasteiger partial charge < -0.3 is 20.2 Å². The Kier molecular flexibility index (Phi) is 9.08. The zero-order valence-corrected chi connectivity index (χ0v) is 22.7. The van der Waals surface area contributed by atoms with Crippen molar-refractivity contribution in [2.45, 2.75) is 32.6 Å². The van der Waals surface area contributed by atoms with Crippen LogP contribution in [0.15, 0.2) is 66.7 Å². The van der Waals surface area contributed by atoms with Crippen molar-refractivity contribution in [1.82, 2.24) is 4.90 Å². The second-order valence-corrected chi connectivity index (χ2v) is 10.4. The molecule has 1 saturated carbocycles. The van der Waals surface area contributed by atoms with E-state index >= 15 is 0 Å². The SMILES string of the molecule is Cc1ccc(C(=O)Cc2cccc(O)c2NC(=O)c2ccc(N3CCCN(CC4CC4)CC3)cc2)cc1.Cl. The van der Waals surface area contributed by atoms with Crippen LogP contribution in [0.2, 0.25) is 0 Å². The molecule has 0 unspecified atom stereocenters. The average molecular weight is 534 g/mol. The van der Waals surface area contributed by atoms with E-state index in [1.807, 2.05) is 43.3 Å². The zero-order valence-electron chi connectivity index (χ0n) is 21.9. The summed E-state index contributed by atoms with van der Waals surface area (Å²) in [6.07, 6.45) is 4.00. The molecule has 0 atom stereocenters.